The van der Waals surface area contributed by atoms with Crippen molar-refractivity contribution in [3.8, 4) is 0 Å². The fraction of sp³-hybridized carbons (Fsp3) is 0.917. The number of ether oxygens (including phenoxy) is 1. The molecular weight excluding hydrogens is 204 g/mol. The van der Waals surface area contributed by atoms with E-state index < -0.39 is 5.60 Å². The highest BCUT2D eigenvalue weighted by Gasteiger charge is 2.30. The summed E-state index contributed by atoms with van der Waals surface area (Å²) in [5, 5.41) is 6.36. The highest BCUT2D eigenvalue weighted by molar-refractivity contribution is 5.84. The monoisotopic (exact) mass is 228 g/mol. The molecule has 0 radical (unpaired) electrons. The molecule has 0 aromatic rings. The first kappa shape index (κ1) is 13.5. The molecular formula is C12H24N2O2. The van der Waals surface area contributed by atoms with Crippen LogP contribution in [-0.2, 0) is 9.53 Å². The van der Waals surface area contributed by atoms with Crippen molar-refractivity contribution in [1.29, 1.82) is 0 Å². The summed E-state index contributed by atoms with van der Waals surface area (Å²) in [5.74, 6) is -0.00417. The predicted molar refractivity (Wildman–Crippen MR) is 64.4 cm³/mol. The second kappa shape index (κ2) is 6.21. The van der Waals surface area contributed by atoms with Gasteiger partial charge in [0.15, 0.2) is 0 Å². The summed E-state index contributed by atoms with van der Waals surface area (Å²) in [7, 11) is 1.58. The molecule has 0 bridgehead atoms. The summed E-state index contributed by atoms with van der Waals surface area (Å²) in [6.45, 7) is 5.64. The lowest BCUT2D eigenvalue weighted by molar-refractivity contribution is -0.141. The molecule has 0 spiro atoms. The van der Waals surface area contributed by atoms with Crippen LogP contribution in [0.25, 0.3) is 0 Å². The minimum Gasteiger partial charge on any atom is -0.369 e. The fourth-order valence-electron chi connectivity index (χ4n) is 1.95. The van der Waals surface area contributed by atoms with Crippen LogP contribution < -0.4 is 10.6 Å². The zero-order valence-electron chi connectivity index (χ0n) is 10.6. The molecule has 1 amide bonds. The van der Waals surface area contributed by atoms with Gasteiger partial charge in [-0.3, -0.25) is 4.79 Å². The van der Waals surface area contributed by atoms with Crippen LogP contribution in [0.15, 0.2) is 0 Å². The van der Waals surface area contributed by atoms with Crippen LogP contribution in [0.1, 0.15) is 39.5 Å². The highest BCUT2D eigenvalue weighted by atomic mass is 16.5. The van der Waals surface area contributed by atoms with Gasteiger partial charge in [-0.2, -0.15) is 0 Å². The van der Waals surface area contributed by atoms with Gasteiger partial charge in [0.2, 0.25) is 0 Å². The zero-order chi connectivity index (χ0) is 12.0. The van der Waals surface area contributed by atoms with Gasteiger partial charge >= 0.3 is 0 Å². The molecule has 94 valence electrons. The third-order valence-electron chi connectivity index (χ3n) is 3.55. The average molecular weight is 228 g/mol. The van der Waals surface area contributed by atoms with E-state index in [9.17, 15) is 4.79 Å². The van der Waals surface area contributed by atoms with Gasteiger partial charge in [0.05, 0.1) is 0 Å². The zero-order valence-corrected chi connectivity index (χ0v) is 10.6. The Balaban J connectivity index is 2.23. The van der Waals surface area contributed by atoms with E-state index in [-0.39, 0.29) is 5.91 Å². The topological polar surface area (TPSA) is 50.4 Å². The summed E-state index contributed by atoms with van der Waals surface area (Å²) in [6.07, 6.45) is 4.18. The van der Waals surface area contributed by atoms with E-state index in [0.717, 1.165) is 19.5 Å². The molecule has 1 heterocycles. The normalized spacial score (nSPS) is 24.1. The smallest absolute Gasteiger partial charge is 0.251 e. The van der Waals surface area contributed by atoms with Crippen molar-refractivity contribution in [2.75, 3.05) is 20.2 Å². The Bertz CT molecular complexity index is 221. The van der Waals surface area contributed by atoms with E-state index in [0.29, 0.717) is 12.5 Å². The van der Waals surface area contributed by atoms with E-state index in [4.69, 9.17) is 4.74 Å². The number of carbonyl (C=O) groups is 1. The van der Waals surface area contributed by atoms with E-state index in [1.54, 1.807) is 7.11 Å². The molecule has 1 saturated heterocycles. The summed E-state index contributed by atoms with van der Waals surface area (Å²) in [6, 6.07) is 0.579. The SMILES string of the molecule is CCC(C)(OC)C(=O)NCC[C@H]1CCCN1. The van der Waals surface area contributed by atoms with Crippen molar-refractivity contribution in [2.24, 2.45) is 0 Å². The van der Waals surface area contributed by atoms with Crippen molar-refractivity contribution in [3.63, 3.8) is 0 Å². The second-order valence-corrected chi connectivity index (χ2v) is 4.63. The Morgan fingerprint density at radius 2 is 2.38 bits per heavy atom. The number of hydrogen-bond donors (Lipinski definition) is 2. The van der Waals surface area contributed by atoms with Crippen molar-refractivity contribution >= 4 is 5.91 Å². The van der Waals surface area contributed by atoms with E-state index >= 15 is 0 Å². The Morgan fingerprint density at radius 1 is 1.62 bits per heavy atom. The Morgan fingerprint density at radius 3 is 2.88 bits per heavy atom. The molecule has 1 fully saturated rings. The number of carbonyl (C=O) groups excluding carboxylic acids is 1. The van der Waals surface area contributed by atoms with Crippen LogP contribution in [0, 0.1) is 0 Å². The Labute approximate surface area is 98.1 Å². The van der Waals surface area contributed by atoms with Crippen LogP contribution in [0.4, 0.5) is 0 Å². The van der Waals surface area contributed by atoms with Gasteiger partial charge in [0, 0.05) is 19.7 Å². The molecule has 2 atom stereocenters. The van der Waals surface area contributed by atoms with Crippen molar-refractivity contribution in [3.05, 3.63) is 0 Å². The van der Waals surface area contributed by atoms with Crippen molar-refractivity contribution in [1.82, 2.24) is 10.6 Å². The summed E-state index contributed by atoms with van der Waals surface area (Å²) >= 11 is 0. The first-order chi connectivity index (χ1) is 7.62. The number of hydrogen-bond acceptors (Lipinski definition) is 3. The molecule has 2 N–H and O–H groups in total. The number of amides is 1. The van der Waals surface area contributed by atoms with E-state index in [2.05, 4.69) is 10.6 Å². The first-order valence-corrected chi connectivity index (χ1v) is 6.19. The Kier molecular flexibility index (Phi) is 5.22. The van der Waals surface area contributed by atoms with Gasteiger partial charge in [-0.05, 0) is 39.2 Å². The summed E-state index contributed by atoms with van der Waals surface area (Å²) in [5.41, 5.74) is -0.677. The molecule has 1 rings (SSSR count). The van der Waals surface area contributed by atoms with Crippen LogP contribution in [0.3, 0.4) is 0 Å². The number of nitrogens with one attached hydrogen (secondary N) is 2. The number of rotatable bonds is 6. The Hall–Kier alpha value is -0.610. The minimum absolute atomic E-state index is 0.00417. The molecule has 0 aliphatic carbocycles. The second-order valence-electron chi connectivity index (χ2n) is 4.63. The van der Waals surface area contributed by atoms with Crippen LogP contribution in [0.2, 0.25) is 0 Å². The molecule has 0 aromatic carbocycles. The molecule has 0 aromatic heterocycles. The molecule has 1 aliphatic heterocycles. The van der Waals surface area contributed by atoms with Gasteiger partial charge < -0.3 is 15.4 Å². The third kappa shape index (κ3) is 3.46. The lowest BCUT2D eigenvalue weighted by Gasteiger charge is -2.25. The number of methoxy groups -OCH3 is 1. The van der Waals surface area contributed by atoms with E-state index in [1.165, 1.54) is 12.8 Å². The highest BCUT2D eigenvalue weighted by Crippen LogP contribution is 2.14. The maximum Gasteiger partial charge on any atom is 0.251 e. The molecule has 4 nitrogen and oxygen atoms in total. The minimum atomic E-state index is -0.677. The molecule has 1 aliphatic rings. The average Bonchev–Trinajstić information content (AvgIpc) is 2.80. The molecule has 4 heteroatoms. The first-order valence-electron chi connectivity index (χ1n) is 6.19. The molecule has 1 unspecified atom stereocenters. The van der Waals surface area contributed by atoms with Crippen LogP contribution >= 0.6 is 0 Å². The van der Waals surface area contributed by atoms with Crippen LogP contribution in [0.5, 0.6) is 0 Å². The lowest BCUT2D eigenvalue weighted by Crippen LogP contribution is -2.46. The maximum atomic E-state index is 11.8. The van der Waals surface area contributed by atoms with E-state index in [1.807, 2.05) is 13.8 Å². The maximum absolute atomic E-state index is 11.8. The van der Waals surface area contributed by atoms with Gasteiger partial charge in [-0.1, -0.05) is 6.92 Å². The standard InChI is InChI=1S/C12H24N2O2/c1-4-12(2,16-3)11(15)14-9-7-10-6-5-8-13-10/h10,13H,4-9H2,1-3H3,(H,14,15)/t10-,12?/m1/s1. The quantitative estimate of drug-likeness (QED) is 0.714. The summed E-state index contributed by atoms with van der Waals surface area (Å²) in [4.78, 5) is 11.8. The largest absolute Gasteiger partial charge is 0.369 e. The van der Waals surface area contributed by atoms with Gasteiger partial charge in [0.25, 0.3) is 5.91 Å². The van der Waals surface area contributed by atoms with Gasteiger partial charge in [0.1, 0.15) is 5.60 Å². The summed E-state index contributed by atoms with van der Waals surface area (Å²) < 4.78 is 5.24. The molecule has 0 saturated carbocycles. The predicted octanol–water partition coefficient (Wildman–Crippen LogP) is 1.06. The lowest BCUT2D eigenvalue weighted by atomic mass is 10.0. The third-order valence-corrected chi connectivity index (χ3v) is 3.55. The van der Waals surface area contributed by atoms with Crippen LogP contribution in [-0.4, -0.2) is 37.7 Å². The van der Waals surface area contributed by atoms with Gasteiger partial charge in [-0.25, -0.2) is 0 Å². The fourth-order valence-corrected chi connectivity index (χ4v) is 1.95. The molecule has 16 heavy (non-hydrogen) atoms. The van der Waals surface area contributed by atoms with Crippen molar-refractivity contribution < 1.29 is 9.53 Å². The van der Waals surface area contributed by atoms with Crippen molar-refractivity contribution in [2.45, 2.75) is 51.2 Å². The van der Waals surface area contributed by atoms with Gasteiger partial charge in [-0.15, -0.1) is 0 Å².